The van der Waals surface area contributed by atoms with E-state index in [1.807, 2.05) is 35.8 Å². The quantitative estimate of drug-likeness (QED) is 0.694. The second-order valence-electron chi connectivity index (χ2n) is 3.08. The van der Waals surface area contributed by atoms with Crippen LogP contribution in [0.4, 0.5) is 0 Å². The summed E-state index contributed by atoms with van der Waals surface area (Å²) in [5.41, 5.74) is 1.58. The van der Waals surface area contributed by atoms with Gasteiger partial charge in [0, 0.05) is 11.9 Å². The standard InChI is InChI=1S/C11H10ClNO/c1-2-13-9-6-4-3-5-8(9)11(12)10(13)7-14/h3-7H,2H2,1H3. The smallest absolute Gasteiger partial charge is 0.168 e. The molecule has 0 fully saturated rings. The maximum Gasteiger partial charge on any atom is 0.168 e. The van der Waals surface area contributed by atoms with Crippen LogP contribution < -0.4 is 0 Å². The molecule has 0 aliphatic heterocycles. The lowest BCUT2D eigenvalue weighted by Crippen LogP contribution is -1.98. The fourth-order valence-electron chi connectivity index (χ4n) is 1.74. The molecular weight excluding hydrogens is 198 g/mol. The lowest BCUT2D eigenvalue weighted by Gasteiger charge is -2.01. The molecule has 0 amide bonds. The van der Waals surface area contributed by atoms with Gasteiger partial charge in [-0.15, -0.1) is 0 Å². The molecule has 3 heteroatoms. The highest BCUT2D eigenvalue weighted by molar-refractivity contribution is 6.38. The van der Waals surface area contributed by atoms with Crippen LogP contribution in [0.25, 0.3) is 10.9 Å². The van der Waals surface area contributed by atoms with Gasteiger partial charge in [-0.3, -0.25) is 4.79 Å². The number of aryl methyl sites for hydroxylation is 1. The van der Waals surface area contributed by atoms with E-state index in [4.69, 9.17) is 11.6 Å². The molecule has 0 aliphatic rings. The minimum Gasteiger partial charge on any atom is -0.337 e. The fourth-order valence-corrected chi connectivity index (χ4v) is 2.04. The molecule has 14 heavy (non-hydrogen) atoms. The largest absolute Gasteiger partial charge is 0.337 e. The first-order chi connectivity index (χ1) is 6.79. The molecule has 2 nitrogen and oxygen atoms in total. The van der Waals surface area contributed by atoms with Crippen molar-refractivity contribution in [3.05, 3.63) is 35.0 Å². The third kappa shape index (κ3) is 1.15. The van der Waals surface area contributed by atoms with Gasteiger partial charge in [0.25, 0.3) is 0 Å². The minimum atomic E-state index is 0.553. The Kier molecular flexibility index (Phi) is 2.30. The molecule has 0 N–H and O–H groups in total. The van der Waals surface area contributed by atoms with Crippen molar-refractivity contribution in [2.75, 3.05) is 0 Å². The van der Waals surface area contributed by atoms with E-state index in [1.165, 1.54) is 0 Å². The molecule has 1 aromatic carbocycles. The highest BCUT2D eigenvalue weighted by Crippen LogP contribution is 2.29. The first-order valence-corrected chi connectivity index (χ1v) is 4.89. The Balaban J connectivity index is 2.91. The van der Waals surface area contributed by atoms with Gasteiger partial charge in [0.1, 0.15) is 5.69 Å². The SMILES string of the molecule is CCn1c(C=O)c(Cl)c2ccccc21. The van der Waals surface area contributed by atoms with Gasteiger partial charge < -0.3 is 4.57 Å². The normalized spacial score (nSPS) is 10.7. The van der Waals surface area contributed by atoms with E-state index in [0.29, 0.717) is 10.7 Å². The zero-order valence-corrected chi connectivity index (χ0v) is 8.58. The average molecular weight is 208 g/mol. The van der Waals surface area contributed by atoms with Crippen molar-refractivity contribution < 1.29 is 4.79 Å². The number of aldehydes is 1. The van der Waals surface area contributed by atoms with E-state index >= 15 is 0 Å². The van der Waals surface area contributed by atoms with Gasteiger partial charge in [-0.25, -0.2) is 0 Å². The van der Waals surface area contributed by atoms with E-state index in [-0.39, 0.29) is 0 Å². The zero-order valence-electron chi connectivity index (χ0n) is 7.83. The number of carbonyl (C=O) groups excluding carboxylic acids is 1. The molecule has 0 spiro atoms. The molecule has 0 saturated carbocycles. The molecule has 0 bridgehead atoms. The number of carbonyl (C=O) groups is 1. The van der Waals surface area contributed by atoms with E-state index in [0.717, 1.165) is 23.7 Å². The number of hydrogen-bond acceptors (Lipinski definition) is 1. The van der Waals surface area contributed by atoms with Crippen molar-refractivity contribution >= 4 is 28.8 Å². The van der Waals surface area contributed by atoms with Crippen LogP contribution in [0.1, 0.15) is 17.4 Å². The summed E-state index contributed by atoms with van der Waals surface area (Å²) in [7, 11) is 0. The summed E-state index contributed by atoms with van der Waals surface area (Å²) in [6, 6.07) is 7.76. The van der Waals surface area contributed by atoms with Gasteiger partial charge in [-0.1, -0.05) is 29.8 Å². The maximum absolute atomic E-state index is 10.9. The van der Waals surface area contributed by atoms with E-state index in [9.17, 15) is 4.79 Å². The summed E-state index contributed by atoms with van der Waals surface area (Å²) < 4.78 is 1.92. The summed E-state index contributed by atoms with van der Waals surface area (Å²) in [5, 5.41) is 1.50. The molecule has 0 saturated heterocycles. The Hall–Kier alpha value is -1.28. The van der Waals surface area contributed by atoms with Crippen LogP contribution in [0.5, 0.6) is 0 Å². The lowest BCUT2D eigenvalue weighted by atomic mass is 10.2. The van der Waals surface area contributed by atoms with Crippen LogP contribution in [-0.2, 0) is 6.54 Å². The van der Waals surface area contributed by atoms with Crippen LogP contribution in [0.15, 0.2) is 24.3 Å². The molecule has 2 aromatic rings. The first-order valence-electron chi connectivity index (χ1n) is 4.51. The van der Waals surface area contributed by atoms with Crippen molar-refractivity contribution in [2.24, 2.45) is 0 Å². The summed E-state index contributed by atoms with van der Waals surface area (Å²) >= 11 is 6.09. The van der Waals surface area contributed by atoms with Gasteiger partial charge in [-0.05, 0) is 13.0 Å². The first kappa shape index (κ1) is 9.28. The molecule has 0 unspecified atom stereocenters. The van der Waals surface area contributed by atoms with E-state index < -0.39 is 0 Å². The number of benzene rings is 1. The highest BCUT2D eigenvalue weighted by Gasteiger charge is 2.12. The number of nitrogens with zero attached hydrogens (tertiary/aromatic N) is 1. The summed E-state index contributed by atoms with van der Waals surface area (Å²) in [6.45, 7) is 2.75. The number of aromatic nitrogens is 1. The van der Waals surface area contributed by atoms with Crippen LogP contribution in [0.3, 0.4) is 0 Å². The van der Waals surface area contributed by atoms with Crippen LogP contribution >= 0.6 is 11.6 Å². The predicted octanol–water partition coefficient (Wildman–Crippen LogP) is 3.13. The number of hydrogen-bond donors (Lipinski definition) is 0. The van der Waals surface area contributed by atoms with Gasteiger partial charge in [-0.2, -0.15) is 0 Å². The number of halogens is 1. The average Bonchev–Trinajstić information content (AvgIpc) is 2.51. The summed E-state index contributed by atoms with van der Waals surface area (Å²) in [5.74, 6) is 0. The van der Waals surface area contributed by atoms with Crippen molar-refractivity contribution in [2.45, 2.75) is 13.5 Å². The predicted molar refractivity (Wildman–Crippen MR) is 58.0 cm³/mol. The Morgan fingerprint density at radius 3 is 2.79 bits per heavy atom. The highest BCUT2D eigenvalue weighted by atomic mass is 35.5. The Morgan fingerprint density at radius 1 is 1.43 bits per heavy atom. The number of fused-ring (bicyclic) bond motifs is 1. The number of para-hydroxylation sites is 1. The third-order valence-corrected chi connectivity index (χ3v) is 2.77. The zero-order chi connectivity index (χ0) is 10.1. The second kappa shape index (κ2) is 3.46. The summed E-state index contributed by atoms with van der Waals surface area (Å²) in [6.07, 6.45) is 0.811. The van der Waals surface area contributed by atoms with Gasteiger partial charge in [0.05, 0.1) is 10.5 Å². The van der Waals surface area contributed by atoms with E-state index in [1.54, 1.807) is 0 Å². The van der Waals surface area contributed by atoms with Crippen molar-refractivity contribution in [1.29, 1.82) is 0 Å². The Labute approximate surface area is 87.1 Å². The fraction of sp³-hybridized carbons (Fsp3) is 0.182. The molecule has 0 aliphatic carbocycles. The Morgan fingerprint density at radius 2 is 2.14 bits per heavy atom. The van der Waals surface area contributed by atoms with Crippen molar-refractivity contribution in [3.63, 3.8) is 0 Å². The van der Waals surface area contributed by atoms with Gasteiger partial charge >= 0.3 is 0 Å². The van der Waals surface area contributed by atoms with Crippen LogP contribution in [-0.4, -0.2) is 10.9 Å². The molecule has 0 radical (unpaired) electrons. The monoisotopic (exact) mass is 207 g/mol. The lowest BCUT2D eigenvalue weighted by molar-refractivity contribution is 0.111. The Bertz CT molecular complexity index is 487. The number of rotatable bonds is 2. The third-order valence-electron chi connectivity index (χ3n) is 2.37. The molecule has 2 rings (SSSR count). The minimum absolute atomic E-state index is 0.553. The van der Waals surface area contributed by atoms with E-state index in [2.05, 4.69) is 0 Å². The molecule has 0 atom stereocenters. The maximum atomic E-state index is 10.9. The summed E-state index contributed by atoms with van der Waals surface area (Å²) in [4.78, 5) is 10.9. The molecule has 72 valence electrons. The molecule has 1 aromatic heterocycles. The van der Waals surface area contributed by atoms with Crippen LogP contribution in [0.2, 0.25) is 5.02 Å². The molecule has 1 heterocycles. The topological polar surface area (TPSA) is 22.0 Å². The van der Waals surface area contributed by atoms with Crippen LogP contribution in [0, 0.1) is 0 Å². The van der Waals surface area contributed by atoms with Crippen molar-refractivity contribution in [3.8, 4) is 0 Å². The molecular formula is C11H10ClNO. The van der Waals surface area contributed by atoms with Gasteiger partial charge in [0.2, 0.25) is 0 Å². The van der Waals surface area contributed by atoms with Gasteiger partial charge in [0.15, 0.2) is 6.29 Å². The second-order valence-corrected chi connectivity index (χ2v) is 3.46. The van der Waals surface area contributed by atoms with Crippen molar-refractivity contribution in [1.82, 2.24) is 4.57 Å².